The van der Waals surface area contributed by atoms with Crippen molar-refractivity contribution in [3.8, 4) is 5.75 Å². The number of amides is 1. The maximum Gasteiger partial charge on any atom is 0.341 e. The van der Waals surface area contributed by atoms with E-state index in [0.29, 0.717) is 12.1 Å². The Kier molecular flexibility index (Phi) is 6.87. The van der Waals surface area contributed by atoms with E-state index in [1.165, 1.54) is 12.1 Å². The van der Waals surface area contributed by atoms with E-state index in [9.17, 15) is 9.59 Å². The van der Waals surface area contributed by atoms with Crippen LogP contribution in [0.3, 0.4) is 0 Å². The smallest absolute Gasteiger partial charge is 0.341 e. The van der Waals surface area contributed by atoms with E-state index in [-0.39, 0.29) is 16.7 Å². The van der Waals surface area contributed by atoms with Crippen molar-refractivity contribution in [3.63, 3.8) is 0 Å². The van der Waals surface area contributed by atoms with Gasteiger partial charge >= 0.3 is 5.97 Å². The van der Waals surface area contributed by atoms with Gasteiger partial charge in [0.1, 0.15) is 5.75 Å². The molecule has 0 spiro atoms. The van der Waals surface area contributed by atoms with Gasteiger partial charge in [0.05, 0.1) is 5.02 Å². The minimum atomic E-state index is -1.07. The largest absolute Gasteiger partial charge is 0.480 e. The molecule has 0 aliphatic heterocycles. The van der Waals surface area contributed by atoms with Crippen molar-refractivity contribution in [1.29, 1.82) is 0 Å². The van der Waals surface area contributed by atoms with Crippen molar-refractivity contribution in [3.05, 3.63) is 23.2 Å². The molecule has 2 N–H and O–H groups in total. The summed E-state index contributed by atoms with van der Waals surface area (Å²) in [5, 5.41) is 11.5. The number of rotatable bonds is 8. The first-order valence-electron chi connectivity index (χ1n) is 6.47. The van der Waals surface area contributed by atoms with E-state index in [4.69, 9.17) is 21.4 Å². The molecule has 6 heteroatoms. The third-order valence-corrected chi connectivity index (χ3v) is 2.87. The molecule has 0 unspecified atom stereocenters. The molecule has 0 aliphatic carbocycles. The Labute approximate surface area is 122 Å². The number of carboxylic acids is 1. The van der Waals surface area contributed by atoms with E-state index in [2.05, 4.69) is 12.2 Å². The Morgan fingerprint density at radius 1 is 1.35 bits per heavy atom. The lowest BCUT2D eigenvalue weighted by molar-refractivity contribution is -0.139. The molecule has 1 amide bonds. The van der Waals surface area contributed by atoms with Crippen molar-refractivity contribution in [2.75, 3.05) is 11.9 Å². The Morgan fingerprint density at radius 3 is 2.70 bits per heavy atom. The highest BCUT2D eigenvalue weighted by atomic mass is 35.5. The van der Waals surface area contributed by atoms with Crippen molar-refractivity contribution in [2.24, 2.45) is 0 Å². The quantitative estimate of drug-likeness (QED) is 0.722. The van der Waals surface area contributed by atoms with Crippen molar-refractivity contribution in [2.45, 2.75) is 32.6 Å². The van der Waals surface area contributed by atoms with Crippen LogP contribution < -0.4 is 10.1 Å². The number of anilines is 1. The molecule has 110 valence electrons. The Bertz CT molecular complexity index is 476. The molecule has 0 fully saturated rings. The maximum atomic E-state index is 11.6. The van der Waals surface area contributed by atoms with Crippen LogP contribution in [0.1, 0.15) is 32.6 Å². The van der Waals surface area contributed by atoms with Gasteiger partial charge in [-0.15, -0.1) is 0 Å². The summed E-state index contributed by atoms with van der Waals surface area (Å²) < 4.78 is 4.99. The first-order chi connectivity index (χ1) is 9.52. The van der Waals surface area contributed by atoms with Crippen LogP contribution in [0.4, 0.5) is 5.69 Å². The van der Waals surface area contributed by atoms with E-state index in [1.807, 2.05) is 0 Å². The highest BCUT2D eigenvalue weighted by molar-refractivity contribution is 6.32. The van der Waals surface area contributed by atoms with Crippen LogP contribution >= 0.6 is 11.6 Å². The topological polar surface area (TPSA) is 75.6 Å². The summed E-state index contributed by atoms with van der Waals surface area (Å²) in [4.78, 5) is 22.0. The molecule has 1 aromatic carbocycles. The van der Waals surface area contributed by atoms with Gasteiger partial charge in [-0.1, -0.05) is 31.4 Å². The van der Waals surface area contributed by atoms with Crippen LogP contribution in [0.15, 0.2) is 18.2 Å². The van der Waals surface area contributed by atoms with Gasteiger partial charge in [0.25, 0.3) is 0 Å². The minimum Gasteiger partial charge on any atom is -0.480 e. The zero-order chi connectivity index (χ0) is 15.0. The third-order valence-electron chi connectivity index (χ3n) is 2.57. The zero-order valence-corrected chi connectivity index (χ0v) is 12.1. The van der Waals surface area contributed by atoms with E-state index in [1.54, 1.807) is 6.07 Å². The number of nitrogens with one attached hydrogen (secondary N) is 1. The maximum absolute atomic E-state index is 11.6. The van der Waals surface area contributed by atoms with E-state index >= 15 is 0 Å². The summed E-state index contributed by atoms with van der Waals surface area (Å²) >= 11 is 5.95. The monoisotopic (exact) mass is 299 g/mol. The predicted octanol–water partition coefficient (Wildman–Crippen LogP) is 3.32. The molecular weight excluding hydrogens is 282 g/mol. The summed E-state index contributed by atoms with van der Waals surface area (Å²) in [6.07, 6.45) is 3.42. The van der Waals surface area contributed by atoms with Gasteiger partial charge in [-0.3, -0.25) is 4.79 Å². The fraction of sp³-hybridized carbons (Fsp3) is 0.429. The lowest BCUT2D eigenvalue weighted by Gasteiger charge is -2.09. The summed E-state index contributed by atoms with van der Waals surface area (Å²) in [6.45, 7) is 1.62. The molecule has 1 aromatic rings. The average Bonchev–Trinajstić information content (AvgIpc) is 2.38. The average molecular weight is 300 g/mol. The number of hydrogen-bond acceptors (Lipinski definition) is 3. The van der Waals surface area contributed by atoms with Gasteiger partial charge in [0, 0.05) is 12.1 Å². The lowest BCUT2D eigenvalue weighted by atomic mass is 10.2. The summed E-state index contributed by atoms with van der Waals surface area (Å²) in [5.41, 5.74) is 0.569. The fourth-order valence-electron chi connectivity index (χ4n) is 1.59. The van der Waals surface area contributed by atoms with Gasteiger partial charge in [-0.2, -0.15) is 0 Å². The SMILES string of the molecule is CCCCCC(=O)Nc1ccc(OCC(=O)O)c(Cl)c1. The standard InChI is InChI=1S/C14H18ClNO4/c1-2-3-4-5-13(17)16-10-6-7-12(11(15)8-10)20-9-14(18)19/h6-8H,2-5,9H2,1H3,(H,16,17)(H,18,19). The summed E-state index contributed by atoms with van der Waals surface area (Å²) in [5.74, 6) is -0.860. The highest BCUT2D eigenvalue weighted by Gasteiger charge is 2.07. The van der Waals surface area contributed by atoms with Crippen LogP contribution in [0.25, 0.3) is 0 Å². The third kappa shape index (κ3) is 5.93. The number of carbonyl (C=O) groups excluding carboxylic acids is 1. The number of carbonyl (C=O) groups is 2. The second-order valence-electron chi connectivity index (χ2n) is 4.33. The molecule has 0 radical (unpaired) electrons. The van der Waals surface area contributed by atoms with Crippen LogP contribution in [0.5, 0.6) is 5.75 Å². The van der Waals surface area contributed by atoms with Crippen molar-refractivity contribution in [1.82, 2.24) is 0 Å². The molecule has 0 atom stereocenters. The van der Waals surface area contributed by atoms with E-state index in [0.717, 1.165) is 19.3 Å². The van der Waals surface area contributed by atoms with Crippen LogP contribution in [0.2, 0.25) is 5.02 Å². The molecule has 1 rings (SSSR count). The molecule has 0 bridgehead atoms. The molecule has 0 saturated carbocycles. The molecule has 0 heterocycles. The molecule has 0 aliphatic rings. The molecule has 20 heavy (non-hydrogen) atoms. The molecule has 0 saturated heterocycles. The number of aliphatic carboxylic acids is 1. The number of halogens is 1. The van der Waals surface area contributed by atoms with Crippen molar-refractivity contribution >= 4 is 29.2 Å². The zero-order valence-electron chi connectivity index (χ0n) is 11.3. The Morgan fingerprint density at radius 2 is 2.10 bits per heavy atom. The van der Waals surface area contributed by atoms with Crippen molar-refractivity contribution < 1.29 is 19.4 Å². The second kappa shape index (κ2) is 8.43. The predicted molar refractivity (Wildman–Crippen MR) is 77.4 cm³/mol. The number of carboxylic acid groups (broad SMARTS) is 1. The Balaban J connectivity index is 2.54. The molecule has 0 aromatic heterocycles. The summed E-state index contributed by atoms with van der Waals surface area (Å²) in [7, 11) is 0. The van der Waals surface area contributed by atoms with Gasteiger partial charge < -0.3 is 15.2 Å². The van der Waals surface area contributed by atoms with Gasteiger partial charge in [0.2, 0.25) is 5.91 Å². The summed E-state index contributed by atoms with van der Waals surface area (Å²) in [6, 6.07) is 4.70. The van der Waals surface area contributed by atoms with Crippen LogP contribution in [0, 0.1) is 0 Å². The second-order valence-corrected chi connectivity index (χ2v) is 4.74. The van der Waals surface area contributed by atoms with Crippen LogP contribution in [-0.4, -0.2) is 23.6 Å². The number of unbranched alkanes of at least 4 members (excludes halogenated alkanes) is 2. The normalized spacial score (nSPS) is 10.1. The van der Waals surface area contributed by atoms with Gasteiger partial charge in [0.15, 0.2) is 6.61 Å². The number of benzene rings is 1. The molecule has 5 nitrogen and oxygen atoms in total. The highest BCUT2D eigenvalue weighted by Crippen LogP contribution is 2.27. The number of hydrogen-bond donors (Lipinski definition) is 2. The fourth-order valence-corrected chi connectivity index (χ4v) is 1.83. The first kappa shape index (κ1) is 16.3. The van der Waals surface area contributed by atoms with Crippen LogP contribution in [-0.2, 0) is 9.59 Å². The van der Waals surface area contributed by atoms with E-state index < -0.39 is 12.6 Å². The number of ether oxygens (including phenoxy) is 1. The van der Waals surface area contributed by atoms with Gasteiger partial charge in [-0.25, -0.2) is 4.79 Å². The Hall–Kier alpha value is -1.75. The first-order valence-corrected chi connectivity index (χ1v) is 6.84. The minimum absolute atomic E-state index is 0.0614. The molecular formula is C14H18ClNO4. The van der Waals surface area contributed by atoms with Gasteiger partial charge in [-0.05, 0) is 24.6 Å². The lowest BCUT2D eigenvalue weighted by Crippen LogP contribution is -2.12.